The van der Waals surface area contributed by atoms with Gasteiger partial charge in [-0.25, -0.2) is 9.97 Å². The van der Waals surface area contributed by atoms with Crippen molar-refractivity contribution in [3.05, 3.63) is 203 Å². The highest BCUT2D eigenvalue weighted by atomic mass is 32.2. The van der Waals surface area contributed by atoms with Gasteiger partial charge in [-0.2, -0.15) is 0 Å². The molecule has 0 bridgehead atoms. The molecule has 11 rings (SSSR count). The third-order valence-electron chi connectivity index (χ3n) is 10.8. The Labute approximate surface area is 311 Å². The van der Waals surface area contributed by atoms with E-state index in [9.17, 15) is 0 Å². The molecule has 9 aromatic rings. The van der Waals surface area contributed by atoms with E-state index in [-0.39, 0.29) is 0 Å². The fourth-order valence-electron chi connectivity index (χ4n) is 8.40. The summed E-state index contributed by atoms with van der Waals surface area (Å²) in [4.78, 5) is 12.8. The highest BCUT2D eigenvalue weighted by Crippen LogP contribution is 2.59. The van der Waals surface area contributed by atoms with Gasteiger partial charge in [0.05, 0.1) is 16.8 Å². The molecule has 248 valence electrons. The summed E-state index contributed by atoms with van der Waals surface area (Å²) in [6, 6.07) is 60.5. The van der Waals surface area contributed by atoms with Crippen LogP contribution in [0.15, 0.2) is 184 Å². The molecule has 4 heteroatoms. The third kappa shape index (κ3) is 4.62. The zero-order valence-electron chi connectivity index (χ0n) is 28.5. The number of nitrogens with zero attached hydrogens (tertiary/aromatic N) is 2. The predicted octanol–water partition coefficient (Wildman–Crippen LogP) is 12.7. The Balaban J connectivity index is 1.23. The van der Waals surface area contributed by atoms with Crippen molar-refractivity contribution in [3.63, 3.8) is 0 Å². The van der Waals surface area contributed by atoms with E-state index in [4.69, 9.17) is 14.4 Å². The maximum Gasteiger partial charge on any atom is 0.160 e. The van der Waals surface area contributed by atoms with Crippen LogP contribution in [0, 0.1) is 0 Å². The Bertz CT molecular complexity index is 2870. The molecule has 1 aliphatic carbocycles. The molecule has 53 heavy (non-hydrogen) atoms. The minimum Gasteiger partial charge on any atom is -0.456 e. The summed E-state index contributed by atoms with van der Waals surface area (Å²) in [5, 5.41) is 2.27. The van der Waals surface area contributed by atoms with Crippen molar-refractivity contribution in [2.24, 2.45) is 0 Å². The van der Waals surface area contributed by atoms with Gasteiger partial charge in [-0.15, -0.1) is 0 Å². The second-order valence-corrected chi connectivity index (χ2v) is 14.8. The van der Waals surface area contributed by atoms with Crippen molar-refractivity contribution >= 4 is 45.9 Å². The number of fused-ring (bicyclic) bond motifs is 11. The van der Waals surface area contributed by atoms with Crippen LogP contribution >= 0.6 is 11.8 Å². The average molecular weight is 695 g/mol. The highest BCUT2D eigenvalue weighted by molar-refractivity contribution is 7.99. The normalized spacial score (nSPS) is 15.5. The van der Waals surface area contributed by atoms with Gasteiger partial charge < -0.3 is 4.42 Å². The quantitative estimate of drug-likeness (QED) is 0.185. The van der Waals surface area contributed by atoms with Gasteiger partial charge in [0.1, 0.15) is 11.2 Å². The molecule has 0 saturated heterocycles. The largest absolute Gasteiger partial charge is 0.456 e. The number of aromatic nitrogens is 2. The second kappa shape index (κ2) is 11.8. The molecule has 1 unspecified atom stereocenters. The van der Waals surface area contributed by atoms with Gasteiger partial charge in [0.25, 0.3) is 0 Å². The van der Waals surface area contributed by atoms with Crippen molar-refractivity contribution in [2.75, 3.05) is 0 Å². The standard InChI is InChI=1S/C49H30N2OS/c1-3-14-33(15-4-1)42-30-43(51-48(50-42)34-16-5-2-6-17-34)35-26-25-32-24-23-31-13-7-9-19-38(31)49(40(32)27-35)39-20-10-12-22-46(39)53-47-28-37-36-18-8-11-21-44(36)52-45(37)29-41(47)49/h1-30H. The van der Waals surface area contributed by atoms with Crippen LogP contribution in [0.4, 0.5) is 0 Å². The molecule has 0 amide bonds. The van der Waals surface area contributed by atoms with E-state index in [1.54, 1.807) is 0 Å². The van der Waals surface area contributed by atoms with Crippen LogP contribution in [-0.2, 0) is 5.41 Å². The zero-order valence-corrected chi connectivity index (χ0v) is 29.3. The van der Waals surface area contributed by atoms with Gasteiger partial charge in [-0.05, 0) is 69.8 Å². The van der Waals surface area contributed by atoms with Gasteiger partial charge in [0.2, 0.25) is 0 Å². The van der Waals surface area contributed by atoms with Crippen molar-refractivity contribution < 1.29 is 4.42 Å². The lowest BCUT2D eigenvalue weighted by Crippen LogP contribution is -2.35. The van der Waals surface area contributed by atoms with E-state index < -0.39 is 5.41 Å². The van der Waals surface area contributed by atoms with E-state index in [1.165, 1.54) is 43.2 Å². The molecule has 3 nitrogen and oxygen atoms in total. The zero-order chi connectivity index (χ0) is 34.9. The first kappa shape index (κ1) is 30.2. The predicted molar refractivity (Wildman–Crippen MR) is 217 cm³/mol. The fraction of sp³-hybridized carbons (Fsp3) is 0.0204. The number of furan rings is 1. The van der Waals surface area contributed by atoms with Crippen molar-refractivity contribution in [1.82, 2.24) is 9.97 Å². The van der Waals surface area contributed by atoms with E-state index in [0.29, 0.717) is 5.82 Å². The number of para-hydroxylation sites is 1. The number of hydrogen-bond donors (Lipinski definition) is 0. The summed E-state index contributed by atoms with van der Waals surface area (Å²) in [6.07, 6.45) is 4.55. The fourth-order valence-corrected chi connectivity index (χ4v) is 9.61. The van der Waals surface area contributed by atoms with Gasteiger partial charge in [-0.1, -0.05) is 157 Å². The van der Waals surface area contributed by atoms with E-state index in [2.05, 4.69) is 152 Å². The molecular formula is C49H30N2OS. The summed E-state index contributed by atoms with van der Waals surface area (Å²) >= 11 is 1.85. The van der Waals surface area contributed by atoms with Crippen molar-refractivity contribution in [2.45, 2.75) is 15.2 Å². The molecule has 0 N–H and O–H groups in total. The molecular weight excluding hydrogens is 665 g/mol. The molecule has 0 fully saturated rings. The van der Waals surface area contributed by atoms with Crippen LogP contribution in [0.25, 0.3) is 68.0 Å². The summed E-state index contributed by atoms with van der Waals surface area (Å²) in [6.45, 7) is 0. The molecule has 2 aliphatic rings. The van der Waals surface area contributed by atoms with Crippen LogP contribution in [-0.4, -0.2) is 9.97 Å². The Morgan fingerprint density at radius 3 is 1.91 bits per heavy atom. The molecule has 3 heterocycles. The first-order valence-corrected chi connectivity index (χ1v) is 18.7. The average Bonchev–Trinajstić information content (AvgIpc) is 3.52. The lowest BCUT2D eigenvalue weighted by atomic mass is 9.63. The molecule has 0 radical (unpaired) electrons. The number of benzene rings is 7. The summed E-state index contributed by atoms with van der Waals surface area (Å²) in [7, 11) is 0. The maximum atomic E-state index is 6.61. The van der Waals surface area contributed by atoms with E-state index >= 15 is 0 Å². The molecule has 1 aliphatic heterocycles. The minimum atomic E-state index is -0.646. The Kier molecular flexibility index (Phi) is 6.70. The number of rotatable bonds is 3. The highest BCUT2D eigenvalue weighted by Gasteiger charge is 2.47. The van der Waals surface area contributed by atoms with Crippen LogP contribution in [0.1, 0.15) is 33.4 Å². The monoisotopic (exact) mass is 694 g/mol. The first-order chi connectivity index (χ1) is 26.2. The topological polar surface area (TPSA) is 38.9 Å². The van der Waals surface area contributed by atoms with Crippen LogP contribution in [0.3, 0.4) is 0 Å². The smallest absolute Gasteiger partial charge is 0.160 e. The van der Waals surface area contributed by atoms with Crippen molar-refractivity contribution in [3.8, 4) is 33.9 Å². The first-order valence-electron chi connectivity index (χ1n) is 17.9. The second-order valence-electron chi connectivity index (χ2n) is 13.7. The van der Waals surface area contributed by atoms with Gasteiger partial charge >= 0.3 is 0 Å². The summed E-state index contributed by atoms with van der Waals surface area (Å²) < 4.78 is 6.61. The lowest BCUT2D eigenvalue weighted by Gasteiger charge is -2.42. The van der Waals surface area contributed by atoms with Crippen LogP contribution in [0.5, 0.6) is 0 Å². The van der Waals surface area contributed by atoms with Crippen LogP contribution < -0.4 is 0 Å². The number of hydrogen-bond acceptors (Lipinski definition) is 4. The lowest BCUT2D eigenvalue weighted by molar-refractivity contribution is 0.659. The Morgan fingerprint density at radius 2 is 1.08 bits per heavy atom. The van der Waals surface area contributed by atoms with Crippen molar-refractivity contribution in [1.29, 1.82) is 0 Å². The molecule has 1 spiro atoms. The maximum absolute atomic E-state index is 6.61. The van der Waals surface area contributed by atoms with Gasteiger partial charge in [-0.3, -0.25) is 0 Å². The van der Waals surface area contributed by atoms with E-state index in [1.807, 2.05) is 42.1 Å². The Morgan fingerprint density at radius 1 is 0.415 bits per heavy atom. The van der Waals surface area contributed by atoms with E-state index in [0.717, 1.165) is 50.0 Å². The summed E-state index contributed by atoms with van der Waals surface area (Å²) in [5.41, 5.74) is 13.3. The van der Waals surface area contributed by atoms with Crippen LogP contribution in [0.2, 0.25) is 0 Å². The molecule has 2 aromatic heterocycles. The van der Waals surface area contributed by atoms with Gasteiger partial charge in [0, 0.05) is 37.3 Å². The molecule has 7 aromatic carbocycles. The molecule has 1 atom stereocenters. The Hall–Kier alpha value is -6.49. The minimum absolute atomic E-state index is 0.646. The molecule has 0 saturated carbocycles. The third-order valence-corrected chi connectivity index (χ3v) is 11.9. The SMILES string of the molecule is C1=Cc2ccc(-c3cc(-c4ccccc4)nc(-c4ccccc4)n3)cc2C2(c3ccccc31)c1ccccc1Sc1cc3c(cc12)oc1ccccc13. The van der Waals surface area contributed by atoms with Gasteiger partial charge in [0.15, 0.2) is 5.82 Å². The summed E-state index contributed by atoms with van der Waals surface area (Å²) in [5.74, 6) is 0.703.